The van der Waals surface area contributed by atoms with Crippen molar-refractivity contribution in [2.45, 2.75) is 32.2 Å². The van der Waals surface area contributed by atoms with E-state index in [0.717, 1.165) is 0 Å². The molecule has 0 spiro atoms. The molecule has 0 saturated heterocycles. The van der Waals surface area contributed by atoms with Crippen LogP contribution in [0.15, 0.2) is 0 Å². The zero-order valence-corrected chi connectivity index (χ0v) is 11.0. The van der Waals surface area contributed by atoms with Crippen LogP contribution in [0.3, 0.4) is 0 Å². The van der Waals surface area contributed by atoms with Crippen LogP contribution in [0.4, 0.5) is 4.79 Å². The van der Waals surface area contributed by atoms with Crippen molar-refractivity contribution in [1.29, 1.82) is 0 Å². The van der Waals surface area contributed by atoms with Gasteiger partial charge in [-0.25, -0.2) is 23.1 Å². The van der Waals surface area contributed by atoms with Gasteiger partial charge in [0.05, 0.1) is 5.75 Å². The number of nitrogens with one attached hydrogen (secondary N) is 2. The molecule has 0 saturated carbocycles. The van der Waals surface area contributed by atoms with Crippen LogP contribution >= 0.6 is 0 Å². The predicted molar refractivity (Wildman–Crippen MR) is 65.5 cm³/mol. The fourth-order valence-electron chi connectivity index (χ4n) is 1.23. The fraction of sp³-hybridized carbons (Fsp3) is 0.778. The number of rotatable bonds is 8. The number of carbonyl (C=O) groups excluding carboxylic acids is 1. The number of carboxylic acids is 1. The van der Waals surface area contributed by atoms with Gasteiger partial charge in [0, 0.05) is 6.54 Å². The molecule has 0 aromatic heterocycles. The lowest BCUT2D eigenvalue weighted by Gasteiger charge is -2.14. The Morgan fingerprint density at radius 3 is 2.44 bits per heavy atom. The van der Waals surface area contributed by atoms with Crippen molar-refractivity contribution in [3.8, 4) is 0 Å². The first-order chi connectivity index (χ1) is 8.26. The van der Waals surface area contributed by atoms with E-state index in [1.807, 2.05) is 6.92 Å². The van der Waals surface area contributed by atoms with E-state index in [1.165, 1.54) is 0 Å². The van der Waals surface area contributed by atoms with Crippen molar-refractivity contribution in [3.05, 3.63) is 0 Å². The summed E-state index contributed by atoms with van der Waals surface area (Å²) in [5, 5.41) is 18.2. The average Bonchev–Trinajstić information content (AvgIpc) is 2.22. The maximum Gasteiger partial charge on any atom is 0.326 e. The van der Waals surface area contributed by atoms with E-state index < -0.39 is 28.1 Å². The number of aliphatic carboxylic acids is 1. The highest BCUT2D eigenvalue weighted by Crippen LogP contribution is 1.96. The zero-order valence-electron chi connectivity index (χ0n) is 10.2. The second kappa shape index (κ2) is 7.88. The Kier molecular flexibility index (Phi) is 7.29. The highest BCUT2D eigenvalue weighted by atomic mass is 32.2. The molecule has 0 aliphatic rings. The first-order valence-electron chi connectivity index (χ1n) is 5.54. The number of hydrogen-bond donors (Lipinski definition) is 4. The van der Waals surface area contributed by atoms with Gasteiger partial charge in [-0.3, -0.25) is 0 Å². The summed E-state index contributed by atoms with van der Waals surface area (Å²) in [6.07, 6.45) is 1.14. The SMILES string of the molecule is CCCC(NC(=O)NCCCS(N)(=O)=O)C(=O)O. The van der Waals surface area contributed by atoms with Crippen LogP contribution in [0.2, 0.25) is 0 Å². The van der Waals surface area contributed by atoms with E-state index in [4.69, 9.17) is 10.2 Å². The zero-order chi connectivity index (χ0) is 14.2. The van der Waals surface area contributed by atoms with Gasteiger partial charge in [0.1, 0.15) is 6.04 Å². The first-order valence-corrected chi connectivity index (χ1v) is 7.25. The average molecular weight is 281 g/mol. The third kappa shape index (κ3) is 8.76. The van der Waals surface area contributed by atoms with Crippen molar-refractivity contribution < 1.29 is 23.1 Å². The summed E-state index contributed by atoms with van der Waals surface area (Å²) in [5.74, 6) is -1.33. The molecule has 0 aliphatic heterocycles. The van der Waals surface area contributed by atoms with Gasteiger partial charge in [-0.15, -0.1) is 0 Å². The molecule has 0 rings (SSSR count). The maximum atomic E-state index is 11.3. The van der Waals surface area contributed by atoms with E-state index in [-0.39, 0.29) is 18.7 Å². The molecule has 106 valence electrons. The largest absolute Gasteiger partial charge is 0.480 e. The molecule has 1 unspecified atom stereocenters. The Morgan fingerprint density at radius 1 is 1.39 bits per heavy atom. The molecule has 0 radical (unpaired) electrons. The molecule has 0 bridgehead atoms. The van der Waals surface area contributed by atoms with Gasteiger partial charge < -0.3 is 15.7 Å². The summed E-state index contributed by atoms with van der Waals surface area (Å²) in [5.41, 5.74) is 0. The number of carbonyl (C=O) groups is 2. The molecule has 0 fully saturated rings. The van der Waals surface area contributed by atoms with E-state index in [2.05, 4.69) is 10.6 Å². The summed E-state index contributed by atoms with van der Waals surface area (Å²) < 4.78 is 21.2. The monoisotopic (exact) mass is 281 g/mol. The van der Waals surface area contributed by atoms with Crippen LogP contribution in [-0.4, -0.2) is 43.9 Å². The van der Waals surface area contributed by atoms with E-state index in [1.54, 1.807) is 0 Å². The Bertz CT molecular complexity index is 382. The quantitative estimate of drug-likeness (QED) is 0.432. The molecule has 9 heteroatoms. The first kappa shape index (κ1) is 16.6. The van der Waals surface area contributed by atoms with Crippen LogP contribution in [0.1, 0.15) is 26.2 Å². The molecule has 5 N–H and O–H groups in total. The molecule has 2 amide bonds. The summed E-state index contributed by atoms with van der Waals surface area (Å²) >= 11 is 0. The van der Waals surface area contributed by atoms with Crippen LogP contribution in [0.25, 0.3) is 0 Å². The highest BCUT2D eigenvalue weighted by Gasteiger charge is 2.18. The van der Waals surface area contributed by atoms with Gasteiger partial charge in [0.2, 0.25) is 10.0 Å². The number of sulfonamides is 1. The number of amides is 2. The van der Waals surface area contributed by atoms with E-state index in [0.29, 0.717) is 12.8 Å². The summed E-state index contributed by atoms with van der Waals surface area (Å²) in [6.45, 7) is 1.92. The molecule has 18 heavy (non-hydrogen) atoms. The summed E-state index contributed by atoms with van der Waals surface area (Å²) in [6, 6.07) is -1.57. The standard InChI is InChI=1S/C9H19N3O5S/c1-2-4-7(8(13)14)12-9(15)11-5-3-6-18(10,16)17/h7H,2-6H2,1H3,(H,13,14)(H2,10,16,17)(H2,11,12,15). The minimum absolute atomic E-state index is 0.112. The van der Waals surface area contributed by atoms with E-state index in [9.17, 15) is 18.0 Å². The number of carboxylic acid groups (broad SMARTS) is 1. The Balaban J connectivity index is 3.92. The predicted octanol–water partition coefficient (Wildman–Crippen LogP) is -0.782. The maximum absolute atomic E-state index is 11.3. The lowest BCUT2D eigenvalue weighted by Crippen LogP contribution is -2.46. The second-order valence-electron chi connectivity index (χ2n) is 3.80. The smallest absolute Gasteiger partial charge is 0.326 e. The van der Waals surface area contributed by atoms with Gasteiger partial charge in [-0.2, -0.15) is 0 Å². The van der Waals surface area contributed by atoms with Crippen molar-refractivity contribution in [2.75, 3.05) is 12.3 Å². The second-order valence-corrected chi connectivity index (χ2v) is 5.53. The third-order valence-electron chi connectivity index (χ3n) is 2.07. The molecule has 0 heterocycles. The van der Waals surface area contributed by atoms with Crippen molar-refractivity contribution in [1.82, 2.24) is 10.6 Å². The number of hydrogen-bond acceptors (Lipinski definition) is 4. The highest BCUT2D eigenvalue weighted by molar-refractivity contribution is 7.89. The van der Waals surface area contributed by atoms with Crippen molar-refractivity contribution in [3.63, 3.8) is 0 Å². The van der Waals surface area contributed by atoms with Gasteiger partial charge in [-0.05, 0) is 12.8 Å². The lowest BCUT2D eigenvalue weighted by atomic mass is 10.2. The molecule has 0 aromatic carbocycles. The molecular weight excluding hydrogens is 262 g/mol. The minimum Gasteiger partial charge on any atom is -0.480 e. The molecule has 0 aromatic rings. The summed E-state index contributed by atoms with van der Waals surface area (Å²) in [4.78, 5) is 22.0. The Labute approximate surface area is 106 Å². The Morgan fingerprint density at radius 2 is 2.00 bits per heavy atom. The number of urea groups is 1. The fourth-order valence-corrected chi connectivity index (χ4v) is 1.78. The Hall–Kier alpha value is -1.35. The third-order valence-corrected chi connectivity index (χ3v) is 2.93. The molecular formula is C9H19N3O5S. The van der Waals surface area contributed by atoms with Gasteiger partial charge in [0.15, 0.2) is 0 Å². The molecule has 1 atom stereocenters. The van der Waals surface area contributed by atoms with Gasteiger partial charge in [-0.1, -0.05) is 13.3 Å². The number of primary sulfonamides is 1. The van der Waals surface area contributed by atoms with Crippen molar-refractivity contribution in [2.24, 2.45) is 5.14 Å². The van der Waals surface area contributed by atoms with Crippen LogP contribution in [0.5, 0.6) is 0 Å². The number of nitrogens with two attached hydrogens (primary N) is 1. The van der Waals surface area contributed by atoms with Crippen molar-refractivity contribution >= 4 is 22.0 Å². The van der Waals surface area contributed by atoms with Crippen LogP contribution in [0, 0.1) is 0 Å². The molecule has 8 nitrogen and oxygen atoms in total. The van der Waals surface area contributed by atoms with Gasteiger partial charge in [0.25, 0.3) is 0 Å². The van der Waals surface area contributed by atoms with E-state index >= 15 is 0 Å². The molecule has 0 aliphatic carbocycles. The lowest BCUT2D eigenvalue weighted by molar-refractivity contribution is -0.139. The summed E-state index contributed by atoms with van der Waals surface area (Å²) in [7, 11) is -3.53. The van der Waals surface area contributed by atoms with Crippen LogP contribution < -0.4 is 15.8 Å². The minimum atomic E-state index is -3.53. The van der Waals surface area contributed by atoms with Crippen LogP contribution in [-0.2, 0) is 14.8 Å². The van der Waals surface area contributed by atoms with Gasteiger partial charge >= 0.3 is 12.0 Å². The topological polar surface area (TPSA) is 139 Å². The normalized spacial score (nSPS) is 12.8.